The number of halogens is 2. The molecule has 182 valence electrons. The monoisotopic (exact) mass is 560 g/mol. The van der Waals surface area contributed by atoms with E-state index in [4.69, 9.17) is 23.6 Å². The Morgan fingerprint density at radius 2 is 1.23 bits per heavy atom. The zero-order chi connectivity index (χ0) is 25.5. The van der Waals surface area contributed by atoms with Crippen molar-refractivity contribution in [2.75, 3.05) is 8.84 Å². The molecule has 0 saturated carbocycles. The lowest BCUT2D eigenvalue weighted by atomic mass is 10.1. The second-order valence-corrected chi connectivity index (χ2v) is 9.96. The summed E-state index contributed by atoms with van der Waals surface area (Å²) >= 11 is 12.7. The molecule has 3 N–H and O–H groups in total. The molecule has 15 nitrogen and oxygen atoms in total. The lowest BCUT2D eigenvalue weighted by Gasteiger charge is -2.24. The van der Waals surface area contributed by atoms with E-state index in [1.807, 2.05) is 0 Å². The van der Waals surface area contributed by atoms with Crippen LogP contribution in [0.3, 0.4) is 0 Å². The van der Waals surface area contributed by atoms with E-state index in [9.17, 15) is 31.0 Å². The fourth-order valence-corrected chi connectivity index (χ4v) is 5.00. The number of hydrogen-bond acceptors (Lipinski definition) is 13. The molecule has 0 amide bonds. The topological polar surface area (TPSA) is 213 Å². The number of hydrogen-bond donors (Lipinski definition) is 3. The SMILES string of the molecule is O=S(=O)(O)c1cc(O)c2cc(N(Cl)c3ncncn3)c(S(=O)(=O)O)c(N(Cl)c3ncncn3)c2c1. The minimum atomic E-state index is -5.21. The van der Waals surface area contributed by atoms with Crippen molar-refractivity contribution < 1.29 is 31.0 Å². The van der Waals surface area contributed by atoms with Crippen LogP contribution in [-0.4, -0.2) is 61.0 Å². The maximum atomic E-state index is 12.6. The first kappa shape index (κ1) is 24.6. The Morgan fingerprint density at radius 1 is 0.714 bits per heavy atom. The average Bonchev–Trinajstić information content (AvgIpc) is 2.82. The predicted molar refractivity (Wildman–Crippen MR) is 121 cm³/mol. The Labute approximate surface area is 206 Å². The Hall–Kier alpha value is -3.48. The molecule has 0 bridgehead atoms. The largest absolute Gasteiger partial charge is 0.507 e. The number of phenolic OH excluding ortho intramolecular Hbond substituents is 1. The molecule has 19 heteroatoms. The van der Waals surface area contributed by atoms with Gasteiger partial charge in [0.25, 0.3) is 20.2 Å². The van der Waals surface area contributed by atoms with Crippen LogP contribution in [0.15, 0.2) is 53.3 Å². The zero-order valence-corrected chi connectivity index (χ0v) is 19.8. The standard InChI is InChI=1S/C16H10Cl2N8O7S2/c17-25(15-21-4-19-5-22-15)11-3-9-10(1-8(2-12(9)27)34(28,29)30)13(14(11)35(31,32)33)26(18)16-23-6-20-7-24-16/h1-7,27H,(H,28,29,30)(H,31,32,33). The molecule has 0 aliphatic heterocycles. The van der Waals surface area contributed by atoms with Crippen molar-refractivity contribution in [2.24, 2.45) is 0 Å². The van der Waals surface area contributed by atoms with E-state index in [1.54, 1.807) is 0 Å². The summed E-state index contributed by atoms with van der Waals surface area (Å²) in [6.45, 7) is 0. The van der Waals surface area contributed by atoms with Crippen molar-refractivity contribution in [1.82, 2.24) is 29.9 Å². The molecule has 0 saturated heterocycles. The number of nitrogens with zero attached hydrogens (tertiary/aromatic N) is 8. The fourth-order valence-electron chi connectivity index (χ4n) is 3.03. The third kappa shape index (κ3) is 4.72. The van der Waals surface area contributed by atoms with Crippen LogP contribution in [0.4, 0.5) is 23.3 Å². The molecule has 2 heterocycles. The minimum absolute atomic E-state index is 0.200. The van der Waals surface area contributed by atoms with Gasteiger partial charge < -0.3 is 5.11 Å². The number of aromatic hydroxyl groups is 1. The number of aromatic nitrogens is 6. The van der Waals surface area contributed by atoms with Crippen molar-refractivity contribution in [3.8, 4) is 5.75 Å². The summed E-state index contributed by atoms with van der Waals surface area (Å²) in [5.41, 5.74) is -1.13. The highest BCUT2D eigenvalue weighted by molar-refractivity contribution is 7.86. The van der Waals surface area contributed by atoms with Crippen molar-refractivity contribution in [2.45, 2.75) is 9.79 Å². The number of anilines is 4. The molecular formula is C16H10Cl2N8O7S2. The second-order valence-electron chi connectivity index (χ2n) is 6.50. The Morgan fingerprint density at radius 3 is 1.71 bits per heavy atom. The molecule has 0 spiro atoms. The van der Waals surface area contributed by atoms with Gasteiger partial charge in [0.1, 0.15) is 36.0 Å². The summed E-state index contributed by atoms with van der Waals surface area (Å²) in [7, 11) is -10.1. The van der Waals surface area contributed by atoms with Crippen LogP contribution in [0.1, 0.15) is 0 Å². The van der Waals surface area contributed by atoms with E-state index >= 15 is 0 Å². The Kier molecular flexibility index (Phi) is 6.30. The molecule has 0 fully saturated rings. The Balaban J connectivity index is 2.21. The van der Waals surface area contributed by atoms with Gasteiger partial charge in [-0.25, -0.2) is 18.8 Å². The van der Waals surface area contributed by atoms with Gasteiger partial charge >= 0.3 is 0 Å². The van der Waals surface area contributed by atoms with E-state index in [0.717, 1.165) is 37.4 Å². The quantitative estimate of drug-likeness (QED) is 0.227. The zero-order valence-electron chi connectivity index (χ0n) is 16.7. The van der Waals surface area contributed by atoms with E-state index in [1.165, 1.54) is 0 Å². The molecule has 4 rings (SSSR count). The van der Waals surface area contributed by atoms with Crippen LogP contribution in [0.5, 0.6) is 5.75 Å². The maximum absolute atomic E-state index is 12.6. The predicted octanol–water partition coefficient (Wildman–Crippen LogP) is 1.99. The number of fused-ring (bicyclic) bond motifs is 1. The van der Waals surface area contributed by atoms with Crippen molar-refractivity contribution in [3.05, 3.63) is 43.5 Å². The van der Waals surface area contributed by atoms with Crippen molar-refractivity contribution in [1.29, 1.82) is 0 Å². The van der Waals surface area contributed by atoms with Gasteiger partial charge in [-0.05, 0) is 12.1 Å². The van der Waals surface area contributed by atoms with Crippen molar-refractivity contribution >= 4 is 77.8 Å². The maximum Gasteiger partial charge on any atom is 0.298 e. The van der Waals surface area contributed by atoms with E-state index in [-0.39, 0.29) is 22.7 Å². The lowest BCUT2D eigenvalue weighted by molar-refractivity contribution is 0.471. The highest BCUT2D eigenvalue weighted by Gasteiger charge is 2.33. The molecule has 4 aromatic rings. The number of rotatable bonds is 6. The van der Waals surface area contributed by atoms with Crippen LogP contribution in [0, 0.1) is 0 Å². The summed E-state index contributed by atoms with van der Waals surface area (Å²) in [5, 5.41) is 10.0. The normalized spacial score (nSPS) is 12.0. The molecule has 35 heavy (non-hydrogen) atoms. The molecule has 0 radical (unpaired) electrons. The van der Waals surface area contributed by atoms with E-state index < -0.39 is 47.2 Å². The third-order valence-corrected chi connectivity index (χ3v) is 6.79. The van der Waals surface area contributed by atoms with Crippen LogP contribution >= 0.6 is 23.6 Å². The highest BCUT2D eigenvalue weighted by atomic mass is 35.5. The minimum Gasteiger partial charge on any atom is -0.507 e. The third-order valence-electron chi connectivity index (χ3n) is 4.39. The van der Waals surface area contributed by atoms with Gasteiger partial charge in [0.2, 0.25) is 11.9 Å². The summed E-state index contributed by atoms with van der Waals surface area (Å²) in [4.78, 5) is 20.7. The summed E-state index contributed by atoms with van der Waals surface area (Å²) in [6.07, 6.45) is 4.16. The molecule has 0 unspecified atom stereocenters. The summed E-state index contributed by atoms with van der Waals surface area (Å²) in [6, 6.07) is 2.53. The molecule has 0 aliphatic carbocycles. The molecule has 2 aromatic heterocycles. The highest BCUT2D eigenvalue weighted by Crippen LogP contribution is 2.48. The molecular weight excluding hydrogens is 551 g/mol. The lowest BCUT2D eigenvalue weighted by Crippen LogP contribution is -2.17. The van der Waals surface area contributed by atoms with Crippen LogP contribution in [-0.2, 0) is 20.2 Å². The molecule has 0 aliphatic rings. The van der Waals surface area contributed by atoms with E-state index in [0.29, 0.717) is 14.9 Å². The van der Waals surface area contributed by atoms with Gasteiger partial charge in [-0.15, -0.1) is 0 Å². The van der Waals surface area contributed by atoms with E-state index in [2.05, 4.69) is 29.9 Å². The first-order valence-electron chi connectivity index (χ1n) is 8.84. The van der Waals surface area contributed by atoms with Gasteiger partial charge in [-0.1, -0.05) is 0 Å². The van der Waals surface area contributed by atoms with Gasteiger partial charge in [0.05, 0.1) is 16.3 Å². The molecule has 2 aromatic carbocycles. The van der Waals surface area contributed by atoms with Crippen molar-refractivity contribution in [3.63, 3.8) is 0 Å². The second kappa shape index (κ2) is 8.95. The van der Waals surface area contributed by atoms with Gasteiger partial charge in [0.15, 0.2) is 0 Å². The van der Waals surface area contributed by atoms with Gasteiger partial charge in [0, 0.05) is 40.4 Å². The average molecular weight is 561 g/mol. The van der Waals surface area contributed by atoms with Crippen LogP contribution in [0.2, 0.25) is 0 Å². The summed E-state index contributed by atoms with van der Waals surface area (Å²) in [5.74, 6) is -1.36. The summed E-state index contributed by atoms with van der Waals surface area (Å²) < 4.78 is 69.6. The first-order valence-corrected chi connectivity index (χ1v) is 12.4. The van der Waals surface area contributed by atoms with Crippen LogP contribution in [0.25, 0.3) is 10.8 Å². The van der Waals surface area contributed by atoms with Gasteiger partial charge in [-0.2, -0.15) is 36.8 Å². The number of phenols is 1. The molecule has 0 atom stereocenters. The smallest absolute Gasteiger partial charge is 0.298 e. The first-order chi connectivity index (χ1) is 16.4. The number of benzene rings is 2. The Bertz CT molecular complexity index is 1650. The fraction of sp³-hybridized carbons (Fsp3) is 0. The van der Waals surface area contributed by atoms with Crippen LogP contribution < -0.4 is 8.84 Å². The van der Waals surface area contributed by atoms with Gasteiger partial charge in [-0.3, -0.25) is 9.11 Å².